The Morgan fingerprint density at radius 3 is 1.46 bits per heavy atom. The molecule has 1 heterocycles. The third kappa shape index (κ3) is 2.56. The summed E-state index contributed by atoms with van der Waals surface area (Å²) in [5, 5.41) is 10.3. The summed E-state index contributed by atoms with van der Waals surface area (Å²) in [5.74, 6) is -0.840. The number of rotatable bonds is 2. The monoisotopic (exact) mass is 329 g/mol. The Morgan fingerprint density at radius 2 is 1.12 bits per heavy atom. The highest BCUT2D eigenvalue weighted by molar-refractivity contribution is 5.64. The minimum Gasteiger partial charge on any atom is -0.428 e. The number of aromatic nitrogens is 2. The van der Waals surface area contributed by atoms with Crippen LogP contribution in [0.25, 0.3) is 22.5 Å². The Morgan fingerprint density at radius 1 is 0.792 bits per heavy atom. The lowest BCUT2D eigenvalue weighted by Crippen LogP contribution is -2.28. The van der Waals surface area contributed by atoms with Gasteiger partial charge in [0.1, 0.15) is 23.0 Å². The third-order valence-electron chi connectivity index (χ3n) is 3.96. The number of halogens is 2. The minimum absolute atomic E-state index is 0.197. The molecule has 1 N–H and O–H groups in total. The van der Waals surface area contributed by atoms with Crippen LogP contribution in [0.2, 0.25) is 0 Å². The predicted octanol–water partition coefficient (Wildman–Crippen LogP) is 3.87. The molecule has 2 aromatic carbocycles. The van der Waals surface area contributed by atoms with Crippen LogP contribution >= 0.6 is 0 Å². The fourth-order valence-electron chi connectivity index (χ4n) is 2.73. The van der Waals surface area contributed by atoms with Crippen molar-refractivity contribution in [1.29, 1.82) is 0 Å². The van der Waals surface area contributed by atoms with Gasteiger partial charge in [0, 0.05) is 4.91 Å². The average Bonchev–Trinajstić information content (AvgIpc) is 2.56. The number of nitrogens with zero attached hydrogens (tertiary/aromatic N) is 2. The van der Waals surface area contributed by atoms with E-state index in [9.17, 15) is 18.9 Å². The van der Waals surface area contributed by atoms with Crippen molar-refractivity contribution in [2.24, 2.45) is 0 Å². The Hall–Kier alpha value is -3.02. The zero-order valence-electron chi connectivity index (χ0n) is 13.1. The highest BCUT2D eigenvalue weighted by atomic mass is 19.1. The van der Waals surface area contributed by atoms with E-state index in [0.717, 1.165) is 4.73 Å². The Labute approximate surface area is 136 Å². The van der Waals surface area contributed by atoms with Gasteiger partial charge in [-0.2, -0.15) is 4.73 Å². The molecule has 122 valence electrons. The molecule has 3 rings (SSSR count). The van der Waals surface area contributed by atoms with Gasteiger partial charge in [-0.15, -0.1) is 0 Å². The summed E-state index contributed by atoms with van der Waals surface area (Å²) in [4.78, 5) is 12.9. The maximum Gasteiger partial charge on any atom is 0.293 e. The molecule has 1 aromatic heterocycles. The van der Waals surface area contributed by atoms with Crippen LogP contribution in [0.1, 0.15) is 11.4 Å². The molecule has 0 atom stereocenters. The first-order chi connectivity index (χ1) is 11.4. The van der Waals surface area contributed by atoms with Gasteiger partial charge < -0.3 is 5.21 Å². The summed E-state index contributed by atoms with van der Waals surface area (Å²) in [6.45, 7) is 3.18. The van der Waals surface area contributed by atoms with Gasteiger partial charge in [-0.3, -0.25) is 0 Å². The molecule has 0 aliphatic carbocycles. The molecule has 6 heteroatoms. The average molecular weight is 329 g/mol. The summed E-state index contributed by atoms with van der Waals surface area (Å²) in [7, 11) is 0. The molecular formula is C18H15F2N2O2+. The quantitative estimate of drug-likeness (QED) is 0.573. The van der Waals surface area contributed by atoms with Gasteiger partial charge in [0.05, 0.1) is 15.6 Å². The van der Waals surface area contributed by atoms with Gasteiger partial charge in [-0.05, 0) is 62.4 Å². The maximum atomic E-state index is 13.2. The normalized spacial score (nSPS) is 10.8. The SMILES string of the molecule is Cc1c(-c2ccc(F)cc2)[n+](=O)c(-c2ccc(F)cc2)c(C)n1O. The molecule has 24 heavy (non-hydrogen) atoms. The second kappa shape index (κ2) is 5.88. The topological polar surface area (TPSA) is 48.1 Å². The first-order valence-corrected chi connectivity index (χ1v) is 7.30. The summed E-state index contributed by atoms with van der Waals surface area (Å²) in [6, 6.07) is 10.8. The van der Waals surface area contributed by atoms with Crippen LogP contribution in [0.15, 0.2) is 48.5 Å². The van der Waals surface area contributed by atoms with Crippen molar-refractivity contribution in [2.45, 2.75) is 13.8 Å². The number of hydrogen-bond donors (Lipinski definition) is 1. The van der Waals surface area contributed by atoms with Crippen molar-refractivity contribution in [3.05, 3.63) is 76.5 Å². The number of benzene rings is 2. The van der Waals surface area contributed by atoms with Crippen molar-refractivity contribution < 1.29 is 18.4 Å². The lowest BCUT2D eigenvalue weighted by Gasteiger charge is -2.09. The van der Waals surface area contributed by atoms with E-state index < -0.39 is 11.6 Å². The second-order valence-corrected chi connectivity index (χ2v) is 5.49. The molecule has 0 amide bonds. The molecule has 3 aromatic rings. The van der Waals surface area contributed by atoms with Gasteiger partial charge in [0.25, 0.3) is 11.4 Å². The smallest absolute Gasteiger partial charge is 0.293 e. The van der Waals surface area contributed by atoms with E-state index in [0.29, 0.717) is 26.9 Å². The summed E-state index contributed by atoms with van der Waals surface area (Å²) in [6.07, 6.45) is 0. The van der Waals surface area contributed by atoms with E-state index in [1.807, 2.05) is 0 Å². The molecule has 0 fully saturated rings. The van der Waals surface area contributed by atoms with Gasteiger partial charge >= 0.3 is 0 Å². The van der Waals surface area contributed by atoms with Crippen LogP contribution in [-0.4, -0.2) is 9.94 Å². The van der Waals surface area contributed by atoms with Crippen LogP contribution in [-0.2, 0) is 0 Å². The fraction of sp³-hybridized carbons (Fsp3) is 0.111. The van der Waals surface area contributed by atoms with E-state index in [1.54, 1.807) is 13.8 Å². The Bertz CT molecular complexity index is 887. The van der Waals surface area contributed by atoms with E-state index in [2.05, 4.69) is 0 Å². The molecule has 0 saturated heterocycles. The van der Waals surface area contributed by atoms with E-state index in [-0.39, 0.29) is 11.4 Å². The largest absolute Gasteiger partial charge is 0.428 e. The summed E-state index contributed by atoms with van der Waals surface area (Å²) in [5.41, 5.74) is 1.97. The van der Waals surface area contributed by atoms with Crippen LogP contribution in [0, 0.1) is 30.4 Å². The van der Waals surface area contributed by atoms with Crippen LogP contribution < -0.4 is 4.43 Å². The Balaban J connectivity index is 2.34. The van der Waals surface area contributed by atoms with Crippen molar-refractivity contribution in [3.63, 3.8) is 0 Å². The standard InChI is InChI=1S/C18H15F2N2O2/c1-11-17(13-3-7-15(19)8-4-13)22(24)18(12(2)21(11)23)14-5-9-16(20)10-6-14/h3-10,23H,1-2H3/q+1. The summed E-state index contributed by atoms with van der Waals surface area (Å²) < 4.78 is 27.9. The zero-order chi connectivity index (χ0) is 17.4. The predicted molar refractivity (Wildman–Crippen MR) is 85.2 cm³/mol. The first kappa shape index (κ1) is 15.9. The second-order valence-electron chi connectivity index (χ2n) is 5.49. The third-order valence-corrected chi connectivity index (χ3v) is 3.96. The zero-order valence-corrected chi connectivity index (χ0v) is 13.1. The van der Waals surface area contributed by atoms with Crippen LogP contribution in [0.4, 0.5) is 8.78 Å². The lowest BCUT2D eigenvalue weighted by atomic mass is 10.1. The van der Waals surface area contributed by atoms with Gasteiger partial charge in [0.15, 0.2) is 0 Å². The maximum absolute atomic E-state index is 13.2. The van der Waals surface area contributed by atoms with Crippen molar-refractivity contribution in [1.82, 2.24) is 4.73 Å². The highest BCUT2D eigenvalue weighted by Crippen LogP contribution is 2.26. The molecule has 0 aliphatic heterocycles. The number of hydrogen-bond acceptors (Lipinski definition) is 2. The van der Waals surface area contributed by atoms with Crippen LogP contribution in [0.5, 0.6) is 0 Å². The lowest BCUT2D eigenvalue weighted by molar-refractivity contribution is -0.472. The van der Waals surface area contributed by atoms with Gasteiger partial charge in [-0.25, -0.2) is 8.78 Å². The molecule has 0 aliphatic rings. The van der Waals surface area contributed by atoms with Gasteiger partial charge in [-0.1, -0.05) is 0 Å². The molecule has 0 bridgehead atoms. The van der Waals surface area contributed by atoms with E-state index in [1.165, 1.54) is 48.5 Å². The summed E-state index contributed by atoms with van der Waals surface area (Å²) >= 11 is 0. The van der Waals surface area contributed by atoms with Crippen molar-refractivity contribution in [2.75, 3.05) is 0 Å². The Kier molecular flexibility index (Phi) is 3.89. The molecular weight excluding hydrogens is 314 g/mol. The molecule has 0 spiro atoms. The van der Waals surface area contributed by atoms with E-state index >= 15 is 0 Å². The van der Waals surface area contributed by atoms with Crippen molar-refractivity contribution >= 4 is 0 Å². The van der Waals surface area contributed by atoms with Gasteiger partial charge in [0.2, 0.25) is 0 Å². The minimum atomic E-state index is -0.420. The molecule has 0 saturated carbocycles. The highest BCUT2D eigenvalue weighted by Gasteiger charge is 2.28. The fourth-order valence-corrected chi connectivity index (χ4v) is 2.73. The first-order valence-electron chi connectivity index (χ1n) is 7.30. The van der Waals surface area contributed by atoms with Crippen molar-refractivity contribution in [3.8, 4) is 22.5 Å². The van der Waals surface area contributed by atoms with Crippen LogP contribution in [0.3, 0.4) is 0 Å². The molecule has 4 nitrogen and oxygen atoms in total. The molecule has 0 radical (unpaired) electrons. The van der Waals surface area contributed by atoms with E-state index in [4.69, 9.17) is 0 Å². The molecule has 0 unspecified atom stereocenters.